The molecule has 0 fully saturated rings. The highest BCUT2D eigenvalue weighted by Gasteiger charge is 2.09. The molecule has 1 aromatic carbocycles. The van der Waals surface area contributed by atoms with Gasteiger partial charge in [0.15, 0.2) is 16.8 Å². The molecular formula is C16H10F2N2OS2. The molecule has 116 valence electrons. The average Bonchev–Trinajstić information content (AvgIpc) is 3.19. The normalized spacial score (nSPS) is 11.0. The van der Waals surface area contributed by atoms with Gasteiger partial charge in [-0.2, -0.15) is 0 Å². The van der Waals surface area contributed by atoms with E-state index in [-0.39, 0.29) is 5.91 Å². The van der Waals surface area contributed by atoms with Gasteiger partial charge in [0.25, 0.3) is 0 Å². The van der Waals surface area contributed by atoms with Crippen molar-refractivity contribution in [1.82, 2.24) is 4.98 Å². The number of nitrogens with one attached hydrogen (secondary N) is 1. The Bertz CT molecular complexity index is 857. The van der Waals surface area contributed by atoms with Crippen LogP contribution in [-0.2, 0) is 4.79 Å². The van der Waals surface area contributed by atoms with E-state index in [0.29, 0.717) is 16.4 Å². The second-order valence-electron chi connectivity index (χ2n) is 4.50. The summed E-state index contributed by atoms with van der Waals surface area (Å²) in [5.74, 6) is -2.14. The predicted octanol–water partition coefficient (Wildman–Crippen LogP) is 4.80. The van der Waals surface area contributed by atoms with Crippen molar-refractivity contribution in [2.45, 2.75) is 0 Å². The minimum Gasteiger partial charge on any atom is -0.298 e. The molecule has 0 saturated carbocycles. The van der Waals surface area contributed by atoms with E-state index in [1.54, 1.807) is 11.5 Å². The highest BCUT2D eigenvalue weighted by atomic mass is 32.1. The molecule has 23 heavy (non-hydrogen) atoms. The van der Waals surface area contributed by atoms with Crippen molar-refractivity contribution in [2.24, 2.45) is 0 Å². The second kappa shape index (κ2) is 6.80. The summed E-state index contributed by atoms with van der Waals surface area (Å²) in [6.07, 6.45) is 3.13. The summed E-state index contributed by atoms with van der Waals surface area (Å²) in [6.45, 7) is 0. The molecule has 0 spiro atoms. The SMILES string of the molecule is O=C(C=Cc1cccs1)Nc1nc(-c2ccc(F)c(F)c2)cs1. The van der Waals surface area contributed by atoms with Gasteiger partial charge in [0.05, 0.1) is 5.69 Å². The lowest BCUT2D eigenvalue weighted by atomic mass is 10.2. The van der Waals surface area contributed by atoms with Gasteiger partial charge in [-0.05, 0) is 35.7 Å². The Morgan fingerprint density at radius 2 is 2.04 bits per heavy atom. The molecule has 0 bridgehead atoms. The number of benzene rings is 1. The number of anilines is 1. The molecule has 7 heteroatoms. The molecule has 0 unspecified atom stereocenters. The summed E-state index contributed by atoms with van der Waals surface area (Å²) in [6, 6.07) is 7.37. The number of rotatable bonds is 4. The largest absolute Gasteiger partial charge is 0.298 e. The number of nitrogens with zero attached hydrogens (tertiary/aromatic N) is 1. The zero-order chi connectivity index (χ0) is 16.2. The quantitative estimate of drug-likeness (QED) is 0.688. The van der Waals surface area contributed by atoms with Gasteiger partial charge >= 0.3 is 0 Å². The molecule has 0 aliphatic rings. The Labute approximate surface area is 138 Å². The van der Waals surface area contributed by atoms with Crippen molar-refractivity contribution in [3.63, 3.8) is 0 Å². The number of thiazole rings is 1. The first-order valence-corrected chi connectivity index (χ1v) is 8.31. The van der Waals surface area contributed by atoms with Gasteiger partial charge in [0.2, 0.25) is 5.91 Å². The molecule has 1 amide bonds. The van der Waals surface area contributed by atoms with Crippen molar-refractivity contribution < 1.29 is 13.6 Å². The highest BCUT2D eigenvalue weighted by Crippen LogP contribution is 2.26. The monoisotopic (exact) mass is 348 g/mol. The first kappa shape index (κ1) is 15.5. The van der Waals surface area contributed by atoms with Crippen LogP contribution >= 0.6 is 22.7 Å². The fraction of sp³-hybridized carbons (Fsp3) is 0. The molecular weight excluding hydrogens is 338 g/mol. The van der Waals surface area contributed by atoms with Crippen LogP contribution in [0.15, 0.2) is 47.2 Å². The lowest BCUT2D eigenvalue weighted by Crippen LogP contribution is -2.07. The summed E-state index contributed by atoms with van der Waals surface area (Å²) in [5, 5.41) is 6.63. The topological polar surface area (TPSA) is 42.0 Å². The number of halogens is 2. The standard InChI is InChI=1S/C16H10F2N2OS2/c17-12-5-3-10(8-13(12)18)14-9-23-16(19-14)20-15(21)6-4-11-2-1-7-22-11/h1-9H,(H,19,20,21). The maximum Gasteiger partial charge on any atom is 0.250 e. The third-order valence-corrected chi connectivity index (χ3v) is 4.49. The number of hydrogen-bond acceptors (Lipinski definition) is 4. The minimum atomic E-state index is -0.931. The maximum absolute atomic E-state index is 13.2. The minimum absolute atomic E-state index is 0.301. The summed E-state index contributed by atoms with van der Waals surface area (Å²) >= 11 is 2.74. The number of thiophene rings is 1. The summed E-state index contributed by atoms with van der Waals surface area (Å²) in [7, 11) is 0. The summed E-state index contributed by atoms with van der Waals surface area (Å²) < 4.78 is 26.2. The molecule has 3 rings (SSSR count). The zero-order valence-corrected chi connectivity index (χ0v) is 13.3. The zero-order valence-electron chi connectivity index (χ0n) is 11.6. The summed E-state index contributed by atoms with van der Waals surface area (Å²) in [4.78, 5) is 17.0. The molecule has 0 saturated heterocycles. The van der Waals surface area contributed by atoms with Crippen LogP contribution < -0.4 is 5.32 Å². The average molecular weight is 348 g/mol. The van der Waals surface area contributed by atoms with Gasteiger partial charge < -0.3 is 0 Å². The van der Waals surface area contributed by atoms with Gasteiger partial charge in [0, 0.05) is 21.9 Å². The van der Waals surface area contributed by atoms with Crippen molar-refractivity contribution in [2.75, 3.05) is 5.32 Å². The van der Waals surface area contributed by atoms with Crippen molar-refractivity contribution in [3.8, 4) is 11.3 Å². The third-order valence-electron chi connectivity index (χ3n) is 2.89. The Morgan fingerprint density at radius 1 is 1.17 bits per heavy atom. The van der Waals surface area contributed by atoms with Gasteiger partial charge in [-0.3, -0.25) is 10.1 Å². The summed E-state index contributed by atoms with van der Waals surface area (Å²) in [5.41, 5.74) is 0.932. The Kier molecular flexibility index (Phi) is 4.59. The van der Waals surface area contributed by atoms with Crippen LogP contribution in [0, 0.1) is 11.6 Å². The fourth-order valence-electron chi connectivity index (χ4n) is 1.81. The molecule has 0 atom stereocenters. The molecule has 2 aromatic heterocycles. The third kappa shape index (κ3) is 3.88. The van der Waals surface area contributed by atoms with Crippen LogP contribution in [0.2, 0.25) is 0 Å². The van der Waals surface area contributed by atoms with Crippen LogP contribution in [0.4, 0.5) is 13.9 Å². The van der Waals surface area contributed by atoms with Crippen LogP contribution in [0.25, 0.3) is 17.3 Å². The van der Waals surface area contributed by atoms with Gasteiger partial charge in [0.1, 0.15) is 0 Å². The van der Waals surface area contributed by atoms with Crippen molar-refractivity contribution in [3.05, 3.63) is 63.7 Å². The number of aromatic nitrogens is 1. The van der Waals surface area contributed by atoms with E-state index < -0.39 is 11.6 Å². The molecule has 0 aliphatic heterocycles. The van der Waals surface area contributed by atoms with Crippen LogP contribution in [0.5, 0.6) is 0 Å². The maximum atomic E-state index is 13.2. The molecule has 2 heterocycles. The van der Waals surface area contributed by atoms with Crippen molar-refractivity contribution >= 4 is 39.8 Å². The van der Waals surface area contributed by atoms with Crippen LogP contribution in [-0.4, -0.2) is 10.9 Å². The second-order valence-corrected chi connectivity index (χ2v) is 6.34. The molecule has 0 aliphatic carbocycles. The number of carbonyl (C=O) groups is 1. The van der Waals surface area contributed by atoms with E-state index in [1.807, 2.05) is 17.5 Å². The first-order valence-electron chi connectivity index (χ1n) is 6.55. The Morgan fingerprint density at radius 3 is 2.78 bits per heavy atom. The first-order chi connectivity index (χ1) is 11.1. The molecule has 3 nitrogen and oxygen atoms in total. The van der Waals surface area contributed by atoms with E-state index >= 15 is 0 Å². The number of hydrogen-bond donors (Lipinski definition) is 1. The number of carbonyl (C=O) groups excluding carboxylic acids is 1. The van der Waals surface area contributed by atoms with E-state index in [2.05, 4.69) is 10.3 Å². The van der Waals surface area contributed by atoms with Crippen LogP contribution in [0.3, 0.4) is 0 Å². The smallest absolute Gasteiger partial charge is 0.250 e. The molecule has 0 radical (unpaired) electrons. The molecule has 1 N–H and O–H groups in total. The van der Waals surface area contributed by atoms with E-state index in [9.17, 15) is 13.6 Å². The fourth-order valence-corrected chi connectivity index (χ4v) is 3.15. The number of amides is 1. The predicted molar refractivity (Wildman–Crippen MR) is 89.4 cm³/mol. The van der Waals surface area contributed by atoms with Gasteiger partial charge in [-0.1, -0.05) is 6.07 Å². The van der Waals surface area contributed by atoms with Gasteiger partial charge in [-0.15, -0.1) is 22.7 Å². The van der Waals surface area contributed by atoms with E-state index in [1.165, 1.54) is 34.8 Å². The highest BCUT2D eigenvalue weighted by molar-refractivity contribution is 7.14. The lowest BCUT2D eigenvalue weighted by Gasteiger charge is -1.98. The molecule has 3 aromatic rings. The van der Waals surface area contributed by atoms with Crippen molar-refractivity contribution in [1.29, 1.82) is 0 Å². The van der Waals surface area contributed by atoms with Crippen LogP contribution in [0.1, 0.15) is 4.88 Å². The Hall–Kier alpha value is -2.38. The van der Waals surface area contributed by atoms with Gasteiger partial charge in [-0.25, -0.2) is 13.8 Å². The Balaban J connectivity index is 1.69. The van der Waals surface area contributed by atoms with E-state index in [4.69, 9.17) is 0 Å². The van der Waals surface area contributed by atoms with E-state index in [0.717, 1.165) is 17.0 Å². The lowest BCUT2D eigenvalue weighted by molar-refractivity contribution is -0.111.